The van der Waals surface area contributed by atoms with E-state index in [2.05, 4.69) is 26.2 Å². The third-order valence-electron chi connectivity index (χ3n) is 5.49. The summed E-state index contributed by atoms with van der Waals surface area (Å²) in [7, 11) is 0. The molecule has 1 N–H and O–H groups in total. The minimum Gasteiger partial charge on any atom is -0.444 e. The van der Waals surface area contributed by atoms with Gasteiger partial charge in [0.1, 0.15) is 16.0 Å². The maximum absolute atomic E-state index is 11.7. The van der Waals surface area contributed by atoms with Crippen molar-refractivity contribution in [2.45, 2.75) is 65.5 Å². The molecule has 5 rings (SSSR count). The smallest absolute Gasteiger partial charge is 0.410 e. The third-order valence-corrected chi connectivity index (χ3v) is 6.08. The molecule has 3 fully saturated rings. The van der Waals surface area contributed by atoms with Gasteiger partial charge in [0.25, 0.3) is 0 Å². The zero-order chi connectivity index (χ0) is 23.0. The van der Waals surface area contributed by atoms with Gasteiger partial charge in [-0.2, -0.15) is 0 Å². The first-order valence-electron chi connectivity index (χ1n) is 10.8. The van der Waals surface area contributed by atoms with Gasteiger partial charge in [0.2, 0.25) is 5.91 Å². The lowest BCUT2D eigenvalue weighted by Gasteiger charge is -2.47. The van der Waals surface area contributed by atoms with Crippen molar-refractivity contribution < 1.29 is 14.3 Å². The first-order chi connectivity index (χ1) is 14.4. The second kappa shape index (κ2) is 8.81. The van der Waals surface area contributed by atoms with Crippen LogP contribution < -0.4 is 5.32 Å². The van der Waals surface area contributed by atoms with E-state index in [0.29, 0.717) is 0 Å². The minimum atomic E-state index is -0.512. The Balaban J connectivity index is 0.000000179. The summed E-state index contributed by atoms with van der Waals surface area (Å²) in [5.74, 6) is 2.23. The largest absolute Gasteiger partial charge is 0.444 e. The van der Waals surface area contributed by atoms with Gasteiger partial charge in [-0.25, -0.2) is 9.78 Å². The van der Waals surface area contributed by atoms with Crippen LogP contribution in [0.25, 0.3) is 5.52 Å². The van der Waals surface area contributed by atoms with Gasteiger partial charge >= 0.3 is 6.09 Å². The number of aromatic nitrogens is 2. The number of amides is 2. The normalized spacial score (nSPS) is 20.4. The summed E-state index contributed by atoms with van der Waals surface area (Å²) in [4.78, 5) is 29.2. The zero-order valence-corrected chi connectivity index (χ0v) is 20.8. The number of hydrogen-bond donors (Lipinski definition) is 1. The Morgan fingerprint density at radius 3 is 2.29 bits per heavy atom. The number of piperidine rings is 2. The summed E-state index contributed by atoms with van der Waals surface area (Å²) in [6.07, 6.45) is 4.44. The summed E-state index contributed by atoms with van der Waals surface area (Å²) in [6.45, 7) is 12.9. The van der Waals surface area contributed by atoms with Gasteiger partial charge in [-0.05, 0) is 87.4 Å². The molecule has 0 radical (unpaired) electrons. The highest BCUT2D eigenvalue weighted by atomic mass is 79.9. The molecule has 2 aromatic heterocycles. The number of pyridine rings is 1. The van der Waals surface area contributed by atoms with E-state index < -0.39 is 5.54 Å². The number of hydrogen-bond acceptors (Lipinski definition) is 4. The van der Waals surface area contributed by atoms with E-state index in [-0.39, 0.29) is 17.6 Å². The predicted molar refractivity (Wildman–Crippen MR) is 124 cm³/mol. The highest BCUT2D eigenvalue weighted by molar-refractivity contribution is 9.10. The van der Waals surface area contributed by atoms with Crippen LogP contribution in [0.2, 0.25) is 0 Å². The average Bonchev–Trinajstić information content (AvgIpc) is 2.98. The lowest BCUT2D eigenvalue weighted by atomic mass is 9.71. The second-order valence-electron chi connectivity index (χ2n) is 10.1. The van der Waals surface area contributed by atoms with Crippen molar-refractivity contribution in [1.82, 2.24) is 19.6 Å². The van der Waals surface area contributed by atoms with Crippen LogP contribution in [0.15, 0.2) is 29.0 Å². The molecule has 2 saturated heterocycles. The molecule has 2 aliphatic heterocycles. The maximum atomic E-state index is 11.7. The molecular formula is C23H33BrN4O3. The van der Waals surface area contributed by atoms with Gasteiger partial charge in [0.15, 0.2) is 0 Å². The number of ether oxygens (including phenoxy) is 1. The van der Waals surface area contributed by atoms with Crippen molar-refractivity contribution >= 4 is 33.4 Å². The fourth-order valence-electron chi connectivity index (χ4n) is 4.28. The van der Waals surface area contributed by atoms with Crippen molar-refractivity contribution in [3.63, 3.8) is 0 Å². The molecule has 0 atom stereocenters. The number of imidazole rings is 1. The van der Waals surface area contributed by atoms with E-state index in [9.17, 15) is 9.59 Å². The van der Waals surface area contributed by atoms with E-state index in [1.165, 1.54) is 19.8 Å². The van der Waals surface area contributed by atoms with Crippen LogP contribution in [-0.2, 0) is 15.1 Å². The summed E-state index contributed by atoms with van der Waals surface area (Å²) >= 11 is 3.43. The number of nitrogens with zero attached hydrogens (tertiary/aromatic N) is 3. The number of fused-ring (bicyclic) bond motifs is 3. The van der Waals surface area contributed by atoms with Gasteiger partial charge in [-0.1, -0.05) is 6.07 Å². The third kappa shape index (κ3) is 5.79. The van der Waals surface area contributed by atoms with Crippen molar-refractivity contribution in [3.05, 3.63) is 34.8 Å². The van der Waals surface area contributed by atoms with Crippen LogP contribution in [0.4, 0.5) is 4.79 Å². The van der Waals surface area contributed by atoms with Gasteiger partial charge in [0, 0.05) is 26.2 Å². The van der Waals surface area contributed by atoms with Crippen molar-refractivity contribution in [1.29, 1.82) is 0 Å². The first kappa shape index (κ1) is 23.6. The van der Waals surface area contributed by atoms with Crippen LogP contribution in [0.1, 0.15) is 60.2 Å². The molecule has 1 aliphatic carbocycles. The average molecular weight is 493 g/mol. The molecule has 3 aliphatic rings. The Kier molecular flexibility index (Phi) is 6.69. The van der Waals surface area contributed by atoms with Crippen LogP contribution in [0.5, 0.6) is 0 Å². The maximum Gasteiger partial charge on any atom is 0.410 e. The second-order valence-corrected chi connectivity index (χ2v) is 10.8. The van der Waals surface area contributed by atoms with Gasteiger partial charge in [0.05, 0.1) is 11.1 Å². The van der Waals surface area contributed by atoms with Gasteiger partial charge in [-0.3, -0.25) is 4.79 Å². The Bertz CT molecular complexity index is 947. The molecule has 0 aromatic carbocycles. The van der Waals surface area contributed by atoms with Crippen LogP contribution in [0, 0.1) is 11.8 Å². The summed E-state index contributed by atoms with van der Waals surface area (Å²) in [5.41, 5.74) is 0.113. The monoisotopic (exact) mass is 492 g/mol. The predicted octanol–water partition coefficient (Wildman–Crippen LogP) is 4.73. The molecule has 0 unspecified atom stereocenters. The zero-order valence-electron chi connectivity index (χ0n) is 19.2. The van der Waals surface area contributed by atoms with E-state index in [4.69, 9.17) is 4.74 Å². The lowest BCUT2D eigenvalue weighted by molar-refractivity contribution is -0.120. The quantitative estimate of drug-likeness (QED) is 0.657. The van der Waals surface area contributed by atoms with Crippen molar-refractivity contribution in [3.8, 4) is 0 Å². The lowest BCUT2D eigenvalue weighted by Crippen LogP contribution is -2.52. The number of rotatable bonds is 2. The number of carbonyl (C=O) groups is 2. The van der Waals surface area contributed by atoms with Crippen LogP contribution in [-0.4, -0.2) is 45.0 Å². The molecule has 170 valence electrons. The molecular weight excluding hydrogens is 460 g/mol. The standard InChI is InChI=1S/C12H14BrN3O.C11H19NO2/c1-8(17)15-12(2,3)11-14-10(13)9-6-4-5-7-16(9)11;1-11(2,3)14-10(13)12-6-8-4-9(5-8)7-12/h4-7H,1-3H3,(H,15,17);8-9H,4-7H2,1-3H3. The molecule has 1 saturated carbocycles. The van der Waals surface area contributed by atoms with Crippen LogP contribution in [0.3, 0.4) is 0 Å². The summed E-state index contributed by atoms with van der Waals surface area (Å²) in [5, 5.41) is 2.90. The Morgan fingerprint density at radius 2 is 1.74 bits per heavy atom. The van der Waals surface area contributed by atoms with E-state index in [0.717, 1.165) is 40.9 Å². The minimum absolute atomic E-state index is 0.0706. The highest BCUT2D eigenvalue weighted by Crippen LogP contribution is 2.39. The molecule has 7 nitrogen and oxygen atoms in total. The molecule has 2 amide bonds. The number of carbonyl (C=O) groups excluding carboxylic acids is 2. The van der Waals surface area contributed by atoms with E-state index in [1.54, 1.807) is 0 Å². The Morgan fingerprint density at radius 1 is 1.13 bits per heavy atom. The van der Waals surface area contributed by atoms with Crippen LogP contribution >= 0.6 is 15.9 Å². The molecule has 31 heavy (non-hydrogen) atoms. The van der Waals surface area contributed by atoms with Gasteiger partial charge < -0.3 is 19.4 Å². The summed E-state index contributed by atoms with van der Waals surface area (Å²) in [6, 6.07) is 5.87. The highest BCUT2D eigenvalue weighted by Gasteiger charge is 2.40. The molecule has 4 heterocycles. The van der Waals surface area contributed by atoms with Crippen molar-refractivity contribution in [2.75, 3.05) is 13.1 Å². The van der Waals surface area contributed by atoms with E-state index in [1.807, 2.05) is 68.3 Å². The first-order valence-corrected chi connectivity index (χ1v) is 11.5. The fourth-order valence-corrected chi connectivity index (χ4v) is 4.77. The number of halogens is 1. The SMILES string of the molecule is CC(=O)NC(C)(C)c1nc(Br)c2ccccn12.CC(C)(C)OC(=O)N1CC2CC(C2)C1. The molecule has 8 heteroatoms. The molecule has 2 bridgehead atoms. The molecule has 0 spiro atoms. The fraction of sp³-hybridized carbons (Fsp3) is 0.609. The summed E-state index contributed by atoms with van der Waals surface area (Å²) < 4.78 is 8.09. The van der Waals surface area contributed by atoms with E-state index >= 15 is 0 Å². The topological polar surface area (TPSA) is 75.9 Å². The number of nitrogens with one attached hydrogen (secondary N) is 1. The molecule has 2 aromatic rings. The van der Waals surface area contributed by atoms with Crippen molar-refractivity contribution in [2.24, 2.45) is 11.8 Å². The van der Waals surface area contributed by atoms with Gasteiger partial charge in [-0.15, -0.1) is 0 Å². The Labute approximate surface area is 192 Å². The Hall–Kier alpha value is -2.09.